The Hall–Kier alpha value is -3.17. The van der Waals surface area contributed by atoms with E-state index in [0.717, 1.165) is 16.3 Å². The third-order valence-corrected chi connectivity index (χ3v) is 6.09. The summed E-state index contributed by atoms with van der Waals surface area (Å²) in [6.45, 7) is 4.93. The zero-order valence-corrected chi connectivity index (χ0v) is 17.5. The molecule has 2 aromatic heterocycles. The van der Waals surface area contributed by atoms with E-state index in [1.165, 1.54) is 0 Å². The first kappa shape index (κ1) is 21.1. The van der Waals surface area contributed by atoms with Crippen molar-refractivity contribution >= 4 is 17.7 Å². The molecule has 0 atom stereocenters. The Balaban J connectivity index is 1.56. The van der Waals surface area contributed by atoms with Crippen molar-refractivity contribution in [1.29, 1.82) is 0 Å². The van der Waals surface area contributed by atoms with Crippen LogP contribution in [-0.4, -0.2) is 55.2 Å². The summed E-state index contributed by atoms with van der Waals surface area (Å²) in [6, 6.07) is 0.957. The van der Waals surface area contributed by atoms with Crippen molar-refractivity contribution in [2.24, 2.45) is 0 Å². The van der Waals surface area contributed by atoms with Crippen molar-refractivity contribution < 1.29 is 23.2 Å². The second kappa shape index (κ2) is 7.21. The number of nitrogens with one attached hydrogen (secondary N) is 1. The molecule has 2 aliphatic rings. The lowest BCUT2D eigenvalue weighted by atomic mass is 9.80. The molecule has 1 N–H and O–H groups in total. The normalized spacial score (nSPS) is 19.7. The van der Waals surface area contributed by atoms with Crippen LogP contribution in [0.5, 0.6) is 0 Å². The summed E-state index contributed by atoms with van der Waals surface area (Å²) < 4.78 is 28.9. The summed E-state index contributed by atoms with van der Waals surface area (Å²) in [4.78, 5) is 47.8. The van der Waals surface area contributed by atoms with Crippen molar-refractivity contribution in [2.75, 3.05) is 6.54 Å². The fraction of sp³-hybridized carbons (Fsp3) is 0.476. The van der Waals surface area contributed by atoms with E-state index in [9.17, 15) is 23.2 Å². The molecule has 1 spiro atoms. The van der Waals surface area contributed by atoms with Crippen molar-refractivity contribution in [3.8, 4) is 5.82 Å². The van der Waals surface area contributed by atoms with Crippen LogP contribution >= 0.6 is 0 Å². The van der Waals surface area contributed by atoms with Crippen LogP contribution in [0.2, 0.25) is 0 Å². The molecule has 2 aromatic rings. The first-order valence-corrected chi connectivity index (χ1v) is 10.1. The zero-order chi connectivity index (χ0) is 22.6. The second-order valence-corrected chi connectivity index (χ2v) is 8.32. The Labute approximate surface area is 177 Å². The van der Waals surface area contributed by atoms with Crippen LogP contribution in [0.4, 0.5) is 13.6 Å². The fourth-order valence-electron chi connectivity index (χ4n) is 4.39. The zero-order valence-electron chi connectivity index (χ0n) is 17.5. The number of Topliss-reactive ketones (excluding diaryl/α,β-unsaturated/α-hetero) is 1. The Morgan fingerprint density at radius 2 is 1.81 bits per heavy atom. The van der Waals surface area contributed by atoms with E-state index < -0.39 is 48.6 Å². The van der Waals surface area contributed by atoms with Crippen molar-refractivity contribution in [1.82, 2.24) is 24.8 Å². The molecule has 31 heavy (non-hydrogen) atoms. The number of alkyl halides is 2. The number of carbonyl (C=O) groups is 3. The number of carbonyl (C=O) groups excluding carboxylic acids is 3. The van der Waals surface area contributed by atoms with Crippen LogP contribution in [0.1, 0.15) is 53.1 Å². The molecular formula is C21H23F2N5O3. The van der Waals surface area contributed by atoms with Crippen molar-refractivity contribution in [3.05, 3.63) is 41.1 Å². The number of nitrogens with zero attached hydrogens (tertiary/aromatic N) is 4. The minimum atomic E-state index is -2.84. The Morgan fingerprint density at radius 1 is 1.13 bits per heavy atom. The highest BCUT2D eigenvalue weighted by molar-refractivity contribution is 6.11. The minimum Gasteiger partial charge on any atom is -0.323 e. The molecule has 164 valence electrons. The molecular weight excluding hydrogens is 408 g/mol. The highest BCUT2D eigenvalue weighted by Crippen LogP contribution is 2.41. The van der Waals surface area contributed by atoms with E-state index in [-0.39, 0.29) is 12.8 Å². The maximum atomic E-state index is 13.5. The van der Waals surface area contributed by atoms with Crippen molar-refractivity contribution in [3.63, 3.8) is 0 Å². The number of halogens is 2. The highest BCUT2D eigenvalue weighted by atomic mass is 19.3. The van der Waals surface area contributed by atoms with Gasteiger partial charge in [-0.1, -0.05) is 0 Å². The van der Waals surface area contributed by atoms with E-state index in [1.54, 1.807) is 30.0 Å². The van der Waals surface area contributed by atoms with E-state index in [4.69, 9.17) is 0 Å². The number of imide groups is 1. The first-order chi connectivity index (χ1) is 14.5. The summed E-state index contributed by atoms with van der Waals surface area (Å²) >= 11 is 0. The van der Waals surface area contributed by atoms with Gasteiger partial charge in [0.2, 0.25) is 5.92 Å². The molecule has 4 rings (SSSR count). The van der Waals surface area contributed by atoms with E-state index in [2.05, 4.69) is 15.3 Å². The van der Waals surface area contributed by atoms with Crippen LogP contribution < -0.4 is 5.32 Å². The lowest BCUT2D eigenvalue weighted by Gasteiger charge is -2.34. The predicted octanol–water partition coefficient (Wildman–Crippen LogP) is 2.88. The van der Waals surface area contributed by atoms with Crippen LogP contribution in [0, 0.1) is 20.8 Å². The molecule has 3 amide bonds. The number of hydrogen-bond acceptors (Lipinski definition) is 5. The SMILES string of the molecule is Cc1cncc(-n2c(C)cc(C(=O)CN3C(=O)NC4(CCC(F)(F)CC4)C3=O)c2C)n1. The van der Waals surface area contributed by atoms with Crippen LogP contribution in [0.15, 0.2) is 18.5 Å². The number of aryl methyl sites for hydroxylation is 2. The largest absolute Gasteiger partial charge is 0.325 e. The molecule has 0 bridgehead atoms. The summed E-state index contributed by atoms with van der Waals surface area (Å²) in [5, 5.41) is 2.56. The average Bonchev–Trinajstić information content (AvgIpc) is 3.12. The molecule has 0 radical (unpaired) electrons. The number of aromatic nitrogens is 3. The van der Waals surface area contributed by atoms with Crippen LogP contribution in [-0.2, 0) is 4.79 Å². The summed E-state index contributed by atoms with van der Waals surface area (Å²) in [5.74, 6) is -3.30. The van der Waals surface area contributed by atoms with Gasteiger partial charge in [-0.2, -0.15) is 0 Å². The van der Waals surface area contributed by atoms with E-state index >= 15 is 0 Å². The van der Waals surface area contributed by atoms with Gasteiger partial charge >= 0.3 is 6.03 Å². The maximum absolute atomic E-state index is 13.5. The molecule has 10 heteroatoms. The number of ketones is 1. The molecule has 1 saturated heterocycles. The molecule has 1 aliphatic carbocycles. The summed E-state index contributed by atoms with van der Waals surface area (Å²) in [6.07, 6.45) is 1.98. The van der Waals surface area contributed by atoms with E-state index in [1.807, 2.05) is 13.8 Å². The Bertz CT molecular complexity index is 1080. The van der Waals surface area contributed by atoms with Gasteiger partial charge < -0.3 is 9.88 Å². The number of urea groups is 1. The molecule has 1 saturated carbocycles. The lowest BCUT2D eigenvalue weighted by molar-refractivity contribution is -0.135. The monoisotopic (exact) mass is 431 g/mol. The fourth-order valence-corrected chi connectivity index (χ4v) is 4.39. The Kier molecular flexibility index (Phi) is 4.90. The van der Waals surface area contributed by atoms with Gasteiger partial charge in [0.05, 0.1) is 18.4 Å². The molecule has 2 fully saturated rings. The lowest BCUT2D eigenvalue weighted by Crippen LogP contribution is -2.51. The quantitative estimate of drug-likeness (QED) is 0.593. The van der Waals surface area contributed by atoms with Gasteiger partial charge in [0.1, 0.15) is 5.54 Å². The molecule has 0 aromatic carbocycles. The Morgan fingerprint density at radius 3 is 2.45 bits per heavy atom. The van der Waals surface area contributed by atoms with Gasteiger partial charge in [0.25, 0.3) is 5.91 Å². The van der Waals surface area contributed by atoms with Gasteiger partial charge in [-0.05, 0) is 39.7 Å². The van der Waals surface area contributed by atoms with Crippen LogP contribution in [0.3, 0.4) is 0 Å². The minimum absolute atomic E-state index is 0.143. The summed E-state index contributed by atoms with van der Waals surface area (Å²) in [7, 11) is 0. The predicted molar refractivity (Wildman–Crippen MR) is 106 cm³/mol. The number of rotatable bonds is 4. The third-order valence-electron chi connectivity index (χ3n) is 6.09. The standard InChI is InChI=1S/C21H23F2N5O3/c1-12-9-24-10-17(25-12)28-13(2)8-15(14(28)3)16(29)11-27-18(30)20(26-19(27)31)4-6-21(22,23)7-5-20/h8-10H,4-7,11H2,1-3H3,(H,26,31). The maximum Gasteiger partial charge on any atom is 0.325 e. The highest BCUT2D eigenvalue weighted by Gasteiger charge is 2.55. The second-order valence-electron chi connectivity index (χ2n) is 8.32. The number of amides is 3. The summed E-state index contributed by atoms with van der Waals surface area (Å²) in [5.41, 5.74) is 1.11. The van der Waals surface area contributed by atoms with E-state index in [0.29, 0.717) is 17.1 Å². The van der Waals surface area contributed by atoms with Gasteiger partial charge in [-0.25, -0.2) is 18.6 Å². The molecule has 0 unspecified atom stereocenters. The molecule has 3 heterocycles. The van der Waals surface area contributed by atoms with Gasteiger partial charge in [0, 0.05) is 36.0 Å². The first-order valence-electron chi connectivity index (χ1n) is 10.1. The molecule has 1 aliphatic heterocycles. The van der Waals surface area contributed by atoms with Crippen molar-refractivity contribution in [2.45, 2.75) is 57.9 Å². The smallest absolute Gasteiger partial charge is 0.323 e. The van der Waals surface area contributed by atoms with Gasteiger partial charge in [-0.3, -0.25) is 19.5 Å². The van der Waals surface area contributed by atoms with Gasteiger partial charge in [0.15, 0.2) is 11.6 Å². The van der Waals surface area contributed by atoms with Gasteiger partial charge in [-0.15, -0.1) is 0 Å². The van der Waals surface area contributed by atoms with Crippen LogP contribution in [0.25, 0.3) is 5.82 Å². The number of hydrogen-bond donors (Lipinski definition) is 1. The topological polar surface area (TPSA) is 97.2 Å². The third kappa shape index (κ3) is 3.60. The average molecular weight is 431 g/mol. The molecule has 8 nitrogen and oxygen atoms in total.